The van der Waals surface area contributed by atoms with Crippen LogP contribution in [0.3, 0.4) is 0 Å². The Kier molecular flexibility index (Phi) is 6.15. The van der Waals surface area contributed by atoms with Crippen molar-refractivity contribution in [1.29, 1.82) is 0 Å². The van der Waals surface area contributed by atoms with Crippen LogP contribution in [0.2, 0.25) is 0 Å². The molecule has 0 atom stereocenters. The third-order valence-corrected chi connectivity index (χ3v) is 6.21. The average Bonchev–Trinajstić information content (AvgIpc) is 3.35. The molecule has 176 valence electrons. The van der Waals surface area contributed by atoms with Crippen LogP contribution in [0.25, 0.3) is 16.6 Å². The van der Waals surface area contributed by atoms with Gasteiger partial charge in [0.1, 0.15) is 30.0 Å². The molecule has 1 N–H and O–H groups in total. The fourth-order valence-electron chi connectivity index (χ4n) is 3.99. The van der Waals surface area contributed by atoms with Crippen LogP contribution in [0.5, 0.6) is 17.2 Å². The van der Waals surface area contributed by atoms with Gasteiger partial charge < -0.3 is 19.3 Å². The van der Waals surface area contributed by atoms with Gasteiger partial charge in [0.25, 0.3) is 0 Å². The fourth-order valence-corrected chi connectivity index (χ4v) is 4.51. The summed E-state index contributed by atoms with van der Waals surface area (Å²) in [5, 5.41) is 10.3. The molecule has 9 heteroatoms. The smallest absolute Gasteiger partial charge is 0.336 e. The predicted octanol–water partition coefficient (Wildman–Crippen LogP) is 4.43. The van der Waals surface area contributed by atoms with Crippen molar-refractivity contribution < 1.29 is 28.9 Å². The van der Waals surface area contributed by atoms with Gasteiger partial charge in [-0.1, -0.05) is 18.2 Å². The van der Waals surface area contributed by atoms with Crippen molar-refractivity contribution in [3.8, 4) is 17.2 Å². The standard InChI is InChI=1S/C26H20N2O6S/c1-32-18-4-2-3-15(11-18)12-19(25(29)17-6-8-22-23(14-17)34-10-9-33-22)24(26(30)31)16-5-7-20-21(13-16)28-35-27-20/h2-8,11,13-14H,9-10,12H2,1H3,(H,30,31). The van der Waals surface area contributed by atoms with Crippen molar-refractivity contribution in [1.82, 2.24) is 8.75 Å². The molecule has 0 fully saturated rings. The Morgan fingerprint density at radius 3 is 2.51 bits per heavy atom. The quantitative estimate of drug-likeness (QED) is 0.301. The van der Waals surface area contributed by atoms with Crippen LogP contribution in [0, 0.1) is 0 Å². The van der Waals surface area contributed by atoms with Crippen LogP contribution in [0.1, 0.15) is 21.5 Å². The van der Waals surface area contributed by atoms with E-state index in [9.17, 15) is 14.7 Å². The molecule has 0 aliphatic carbocycles. The van der Waals surface area contributed by atoms with Gasteiger partial charge in [-0.25, -0.2) is 4.79 Å². The number of aliphatic carboxylic acids is 1. The number of carbonyl (C=O) groups excluding carboxylic acids is 1. The van der Waals surface area contributed by atoms with Crippen molar-refractivity contribution in [3.63, 3.8) is 0 Å². The van der Waals surface area contributed by atoms with Crippen LogP contribution in [0.15, 0.2) is 66.2 Å². The Hall–Kier alpha value is -4.24. The van der Waals surface area contributed by atoms with Crippen molar-refractivity contribution in [2.75, 3.05) is 20.3 Å². The lowest BCUT2D eigenvalue weighted by atomic mass is 9.89. The molecule has 1 aliphatic rings. The summed E-state index contributed by atoms with van der Waals surface area (Å²) in [4.78, 5) is 26.4. The molecule has 3 aromatic carbocycles. The zero-order valence-corrected chi connectivity index (χ0v) is 19.5. The molecule has 1 aliphatic heterocycles. The summed E-state index contributed by atoms with van der Waals surface area (Å²) < 4.78 is 24.9. The number of ketones is 1. The highest BCUT2D eigenvalue weighted by Crippen LogP contribution is 2.33. The number of nitrogens with zero attached hydrogens (tertiary/aromatic N) is 2. The van der Waals surface area contributed by atoms with Crippen LogP contribution >= 0.6 is 11.7 Å². The number of fused-ring (bicyclic) bond motifs is 2. The van der Waals surface area contributed by atoms with Crippen LogP contribution in [-0.4, -0.2) is 45.9 Å². The predicted molar refractivity (Wildman–Crippen MR) is 130 cm³/mol. The highest BCUT2D eigenvalue weighted by Gasteiger charge is 2.26. The summed E-state index contributed by atoms with van der Waals surface area (Å²) in [5.41, 5.74) is 2.69. The first kappa shape index (κ1) is 22.5. The Morgan fingerprint density at radius 1 is 0.943 bits per heavy atom. The minimum absolute atomic E-state index is 0.0828. The van der Waals surface area contributed by atoms with Gasteiger partial charge in [0, 0.05) is 17.6 Å². The number of rotatable bonds is 7. The second-order valence-electron chi connectivity index (χ2n) is 7.84. The molecule has 0 amide bonds. The third kappa shape index (κ3) is 4.58. The first-order valence-corrected chi connectivity index (χ1v) is 11.5. The van der Waals surface area contributed by atoms with E-state index in [2.05, 4.69) is 8.75 Å². The zero-order valence-electron chi connectivity index (χ0n) is 18.7. The summed E-state index contributed by atoms with van der Waals surface area (Å²) >= 11 is 1.04. The molecule has 4 aromatic rings. The third-order valence-electron chi connectivity index (χ3n) is 5.65. The summed E-state index contributed by atoms with van der Waals surface area (Å²) in [5.74, 6) is -0.0174. The van der Waals surface area contributed by atoms with Crippen LogP contribution in [-0.2, 0) is 11.2 Å². The molecular formula is C26H20N2O6S. The summed E-state index contributed by atoms with van der Waals surface area (Å²) in [6.07, 6.45) is 0.0828. The summed E-state index contributed by atoms with van der Waals surface area (Å²) in [6, 6.07) is 17.1. The lowest BCUT2D eigenvalue weighted by molar-refractivity contribution is -0.130. The maximum atomic E-state index is 13.8. The largest absolute Gasteiger partial charge is 0.497 e. The Labute approximate surface area is 204 Å². The van der Waals surface area contributed by atoms with E-state index < -0.39 is 11.8 Å². The number of methoxy groups -OCH3 is 1. The number of hydrogen-bond donors (Lipinski definition) is 1. The first-order valence-electron chi connectivity index (χ1n) is 10.8. The number of aromatic nitrogens is 2. The minimum Gasteiger partial charge on any atom is -0.497 e. The van der Waals surface area contributed by atoms with Gasteiger partial charge in [0.15, 0.2) is 17.3 Å². The number of allylic oxidation sites excluding steroid dienone is 1. The molecule has 8 nitrogen and oxygen atoms in total. The highest BCUT2D eigenvalue weighted by atomic mass is 32.1. The number of hydrogen-bond acceptors (Lipinski definition) is 8. The summed E-state index contributed by atoms with van der Waals surface area (Å²) in [6.45, 7) is 0.803. The van der Waals surface area contributed by atoms with E-state index in [1.165, 1.54) is 0 Å². The monoisotopic (exact) mass is 488 g/mol. The van der Waals surface area contributed by atoms with E-state index in [1.54, 1.807) is 61.7 Å². The van der Waals surface area contributed by atoms with Gasteiger partial charge in [0.2, 0.25) is 0 Å². The molecule has 0 spiro atoms. The highest BCUT2D eigenvalue weighted by molar-refractivity contribution is 7.00. The SMILES string of the molecule is COc1cccc(CC(C(=O)c2ccc3c(c2)OCCO3)=C(C(=O)O)c2ccc3nsnc3c2)c1. The van der Waals surface area contributed by atoms with Crippen molar-refractivity contribution in [2.24, 2.45) is 0 Å². The number of ether oxygens (including phenoxy) is 3. The second-order valence-corrected chi connectivity index (χ2v) is 8.37. The topological polar surface area (TPSA) is 108 Å². The van der Waals surface area contributed by atoms with E-state index in [0.717, 1.165) is 17.3 Å². The number of carboxylic acid groups (broad SMARTS) is 1. The second kappa shape index (κ2) is 9.55. The van der Waals surface area contributed by atoms with Gasteiger partial charge in [-0.2, -0.15) is 8.75 Å². The van der Waals surface area contributed by atoms with E-state index in [1.807, 2.05) is 6.07 Å². The van der Waals surface area contributed by atoms with Gasteiger partial charge in [-0.15, -0.1) is 0 Å². The number of Topliss-reactive ketones (excluding diaryl/α,β-unsaturated/α-hetero) is 1. The first-order chi connectivity index (χ1) is 17.0. The molecule has 1 aromatic heterocycles. The Bertz CT molecular complexity index is 1480. The van der Waals surface area contributed by atoms with Crippen LogP contribution in [0.4, 0.5) is 0 Å². The van der Waals surface area contributed by atoms with Gasteiger partial charge in [-0.05, 0) is 53.6 Å². The maximum Gasteiger partial charge on any atom is 0.336 e. The fraction of sp³-hybridized carbons (Fsp3) is 0.154. The minimum atomic E-state index is -1.21. The molecule has 2 heterocycles. The molecule has 5 rings (SSSR count). The lowest BCUT2D eigenvalue weighted by Gasteiger charge is -2.19. The number of benzene rings is 3. The Balaban J connectivity index is 1.67. The number of carbonyl (C=O) groups is 2. The zero-order chi connectivity index (χ0) is 24.4. The molecule has 0 bridgehead atoms. The molecule has 0 saturated carbocycles. The van der Waals surface area contributed by atoms with E-state index in [0.29, 0.717) is 52.6 Å². The molecule has 0 saturated heterocycles. The van der Waals surface area contributed by atoms with E-state index >= 15 is 0 Å². The lowest BCUT2D eigenvalue weighted by Crippen LogP contribution is -2.17. The average molecular weight is 489 g/mol. The van der Waals surface area contributed by atoms with Crippen LogP contribution < -0.4 is 14.2 Å². The molecule has 35 heavy (non-hydrogen) atoms. The van der Waals surface area contributed by atoms with Gasteiger partial charge >= 0.3 is 5.97 Å². The maximum absolute atomic E-state index is 13.8. The summed E-state index contributed by atoms with van der Waals surface area (Å²) in [7, 11) is 1.55. The normalized spacial score (nSPS) is 13.3. The van der Waals surface area contributed by atoms with Crippen molar-refractivity contribution in [3.05, 3.63) is 82.9 Å². The van der Waals surface area contributed by atoms with Gasteiger partial charge in [0.05, 0.1) is 24.4 Å². The molecule has 0 unspecified atom stereocenters. The number of carboxylic acids is 1. The van der Waals surface area contributed by atoms with Crippen molar-refractivity contribution in [2.45, 2.75) is 6.42 Å². The molecule has 0 radical (unpaired) electrons. The van der Waals surface area contributed by atoms with E-state index in [4.69, 9.17) is 14.2 Å². The molecular weight excluding hydrogens is 468 g/mol. The van der Waals surface area contributed by atoms with E-state index in [-0.39, 0.29) is 17.6 Å². The van der Waals surface area contributed by atoms with Gasteiger partial charge in [-0.3, -0.25) is 4.79 Å². The Morgan fingerprint density at radius 2 is 1.71 bits per heavy atom. The van der Waals surface area contributed by atoms with Crippen molar-refractivity contribution >= 4 is 40.1 Å².